The fourth-order valence-electron chi connectivity index (χ4n) is 4.20. The van der Waals surface area contributed by atoms with Crippen LogP contribution in [0.5, 0.6) is 5.75 Å². The number of ether oxygens (including phenoxy) is 1. The van der Waals surface area contributed by atoms with Crippen molar-refractivity contribution in [3.05, 3.63) is 72.2 Å². The predicted octanol–water partition coefficient (Wildman–Crippen LogP) is 4.86. The average molecular weight is 582 g/mol. The molecule has 1 fully saturated rings. The predicted molar refractivity (Wildman–Crippen MR) is 138 cm³/mol. The molecule has 2 heterocycles. The van der Waals surface area contributed by atoms with E-state index in [1.165, 1.54) is 30.5 Å². The topological polar surface area (TPSA) is 86.8 Å². The Hall–Kier alpha value is -4.17. The molecule has 0 bridgehead atoms. The molecule has 4 rings (SSSR count). The first kappa shape index (κ1) is 29.8. The molecule has 2 aromatic carbocycles. The fraction of sp³-hybridized carbons (Fsp3) is 0.296. The molecule has 1 saturated heterocycles. The van der Waals surface area contributed by atoms with Crippen LogP contribution in [0.2, 0.25) is 0 Å². The molecule has 0 atom stereocenters. The zero-order valence-corrected chi connectivity index (χ0v) is 21.4. The van der Waals surface area contributed by atoms with Gasteiger partial charge in [-0.15, -0.1) is 13.2 Å². The van der Waals surface area contributed by atoms with Gasteiger partial charge in [0.2, 0.25) is 5.91 Å². The molecule has 0 aliphatic carbocycles. The van der Waals surface area contributed by atoms with Crippen LogP contribution in [0.25, 0.3) is 11.3 Å². The Bertz CT molecular complexity index is 1360. The van der Waals surface area contributed by atoms with E-state index >= 15 is 0 Å². The van der Waals surface area contributed by atoms with Gasteiger partial charge in [0.25, 0.3) is 12.3 Å². The van der Waals surface area contributed by atoms with Crippen molar-refractivity contribution < 1.29 is 40.7 Å². The number of hydrogen-bond donors (Lipinski definition) is 2. The molecule has 8 nitrogen and oxygen atoms in total. The van der Waals surface area contributed by atoms with E-state index in [-0.39, 0.29) is 35.6 Å². The van der Waals surface area contributed by atoms with Gasteiger partial charge in [0.05, 0.1) is 36.4 Å². The van der Waals surface area contributed by atoms with E-state index in [1.807, 2.05) is 0 Å². The van der Waals surface area contributed by atoms with Gasteiger partial charge < -0.3 is 15.4 Å². The molecule has 1 aliphatic rings. The van der Waals surface area contributed by atoms with Crippen molar-refractivity contribution in [2.24, 2.45) is 0 Å². The maximum atomic E-state index is 14.0. The smallest absolute Gasteiger partial charge is 0.404 e. The molecule has 3 aromatic rings. The molecule has 1 aliphatic heterocycles. The van der Waals surface area contributed by atoms with Crippen LogP contribution in [0.3, 0.4) is 0 Å². The molecular formula is C27H25F6N5O3. The number of carbonyl (C=O) groups is 2. The largest absolute Gasteiger partial charge is 0.573 e. The zero-order chi connectivity index (χ0) is 29.6. The lowest BCUT2D eigenvalue weighted by atomic mass is 10.1. The van der Waals surface area contributed by atoms with Crippen molar-refractivity contribution in [2.75, 3.05) is 49.9 Å². The van der Waals surface area contributed by atoms with Crippen molar-refractivity contribution in [2.45, 2.75) is 12.8 Å². The summed E-state index contributed by atoms with van der Waals surface area (Å²) in [4.78, 5) is 32.9. The first-order valence-corrected chi connectivity index (χ1v) is 12.4. The first-order chi connectivity index (χ1) is 19.5. The van der Waals surface area contributed by atoms with Gasteiger partial charge in [-0.2, -0.15) is 0 Å². The zero-order valence-electron chi connectivity index (χ0n) is 21.4. The summed E-state index contributed by atoms with van der Waals surface area (Å²) < 4.78 is 82.1. The summed E-state index contributed by atoms with van der Waals surface area (Å²) in [6.45, 7) is 0.678. The molecule has 0 radical (unpaired) electrons. The molecule has 14 heteroatoms. The van der Waals surface area contributed by atoms with Crippen LogP contribution in [-0.2, 0) is 4.79 Å². The average Bonchev–Trinajstić information content (AvgIpc) is 2.90. The van der Waals surface area contributed by atoms with Crippen molar-refractivity contribution in [1.29, 1.82) is 0 Å². The summed E-state index contributed by atoms with van der Waals surface area (Å²) >= 11 is 0. The minimum Gasteiger partial charge on any atom is -0.404 e. The van der Waals surface area contributed by atoms with E-state index in [0.29, 0.717) is 31.9 Å². The van der Waals surface area contributed by atoms with Crippen LogP contribution in [-0.4, -0.2) is 78.7 Å². The molecule has 2 amide bonds. The van der Waals surface area contributed by atoms with E-state index in [0.717, 1.165) is 18.2 Å². The summed E-state index contributed by atoms with van der Waals surface area (Å²) in [5.74, 6) is -2.58. The highest BCUT2D eigenvalue weighted by atomic mass is 19.4. The third-order valence-electron chi connectivity index (χ3n) is 6.14. The van der Waals surface area contributed by atoms with Crippen LogP contribution < -0.4 is 15.4 Å². The number of benzene rings is 2. The van der Waals surface area contributed by atoms with Gasteiger partial charge in [-0.05, 0) is 42.5 Å². The number of alkyl halides is 5. The Balaban J connectivity index is 1.43. The van der Waals surface area contributed by atoms with Gasteiger partial charge in [0, 0.05) is 37.3 Å². The van der Waals surface area contributed by atoms with Gasteiger partial charge in [-0.3, -0.25) is 24.4 Å². The molecular weight excluding hydrogens is 556 g/mol. The normalized spacial score (nSPS) is 14.6. The monoisotopic (exact) mass is 581 g/mol. The van der Waals surface area contributed by atoms with Gasteiger partial charge >= 0.3 is 6.36 Å². The number of aromatic nitrogens is 1. The Labute approximate surface area is 230 Å². The van der Waals surface area contributed by atoms with Crippen LogP contribution in [0.15, 0.2) is 60.8 Å². The SMILES string of the molecule is O=C(CN1CCN(CC(F)F)CC1)Nc1cc(C(=O)Nc2ccc(-c3ccccc3F)nc2)ccc1OC(F)(F)F. The highest BCUT2D eigenvalue weighted by Gasteiger charge is 2.33. The number of nitrogens with one attached hydrogen (secondary N) is 2. The Kier molecular flexibility index (Phi) is 9.45. The lowest BCUT2D eigenvalue weighted by molar-refractivity contribution is -0.274. The second kappa shape index (κ2) is 13.0. The molecule has 2 N–H and O–H groups in total. The summed E-state index contributed by atoms with van der Waals surface area (Å²) in [7, 11) is 0. The maximum Gasteiger partial charge on any atom is 0.573 e. The van der Waals surface area contributed by atoms with Crippen LogP contribution in [0.4, 0.5) is 37.7 Å². The van der Waals surface area contributed by atoms with Gasteiger partial charge in [0.15, 0.2) is 5.75 Å². The minimum atomic E-state index is -5.06. The number of halogens is 6. The fourth-order valence-corrected chi connectivity index (χ4v) is 4.20. The molecule has 0 unspecified atom stereocenters. The van der Waals surface area contributed by atoms with Crippen molar-refractivity contribution >= 4 is 23.2 Å². The third kappa shape index (κ3) is 8.66. The molecule has 0 spiro atoms. The number of hydrogen-bond acceptors (Lipinski definition) is 6. The third-order valence-corrected chi connectivity index (χ3v) is 6.14. The Morgan fingerprint density at radius 1 is 0.951 bits per heavy atom. The first-order valence-electron chi connectivity index (χ1n) is 12.4. The second-order valence-corrected chi connectivity index (χ2v) is 9.14. The van der Waals surface area contributed by atoms with Crippen LogP contribution in [0.1, 0.15) is 10.4 Å². The quantitative estimate of drug-likeness (QED) is 0.351. The highest BCUT2D eigenvalue weighted by molar-refractivity contribution is 6.06. The number of nitrogens with zero attached hydrogens (tertiary/aromatic N) is 3. The summed E-state index contributed by atoms with van der Waals surface area (Å²) in [6.07, 6.45) is -6.24. The second-order valence-electron chi connectivity index (χ2n) is 9.14. The standard InChI is InChI=1S/C27H25F6N5O3/c28-20-4-2-1-3-19(20)21-7-6-18(14-34-21)35-26(40)17-5-8-23(41-27(31,32)33)22(13-17)36-25(39)16-38-11-9-37(10-12-38)15-24(29)30/h1-8,13-14,24H,9-12,15-16H2,(H,35,40)(H,36,39). The summed E-state index contributed by atoms with van der Waals surface area (Å²) in [6, 6.07) is 12.0. The van der Waals surface area contributed by atoms with Gasteiger partial charge in [-0.1, -0.05) is 12.1 Å². The van der Waals surface area contributed by atoms with E-state index in [4.69, 9.17) is 0 Å². The Morgan fingerprint density at radius 3 is 2.29 bits per heavy atom. The Morgan fingerprint density at radius 2 is 1.66 bits per heavy atom. The van der Waals surface area contributed by atoms with Crippen LogP contribution >= 0.6 is 0 Å². The molecule has 0 saturated carbocycles. The summed E-state index contributed by atoms with van der Waals surface area (Å²) in [5, 5.41) is 4.89. The molecule has 41 heavy (non-hydrogen) atoms. The van der Waals surface area contributed by atoms with E-state index in [1.54, 1.807) is 21.9 Å². The van der Waals surface area contributed by atoms with Gasteiger partial charge in [0.1, 0.15) is 5.82 Å². The van der Waals surface area contributed by atoms with E-state index in [9.17, 15) is 35.9 Å². The number of rotatable bonds is 9. The van der Waals surface area contributed by atoms with Gasteiger partial charge in [-0.25, -0.2) is 13.2 Å². The van der Waals surface area contributed by atoms with Crippen molar-refractivity contribution in [1.82, 2.24) is 14.8 Å². The van der Waals surface area contributed by atoms with E-state index < -0.39 is 36.2 Å². The molecule has 1 aromatic heterocycles. The van der Waals surface area contributed by atoms with Crippen molar-refractivity contribution in [3.63, 3.8) is 0 Å². The number of pyridine rings is 1. The minimum absolute atomic E-state index is 0.0892. The van der Waals surface area contributed by atoms with Crippen molar-refractivity contribution in [3.8, 4) is 17.0 Å². The number of carbonyl (C=O) groups excluding carboxylic acids is 2. The lowest BCUT2D eigenvalue weighted by Gasteiger charge is -2.34. The van der Waals surface area contributed by atoms with Crippen LogP contribution in [0, 0.1) is 5.82 Å². The summed E-state index contributed by atoms with van der Waals surface area (Å²) in [5.41, 5.74) is 0.358. The molecule has 218 valence electrons. The van der Waals surface area contributed by atoms with E-state index in [2.05, 4.69) is 20.4 Å². The number of anilines is 2. The number of amides is 2. The lowest BCUT2D eigenvalue weighted by Crippen LogP contribution is -2.49. The number of piperazine rings is 1. The maximum absolute atomic E-state index is 14.0. The highest BCUT2D eigenvalue weighted by Crippen LogP contribution is 2.32.